The smallest absolute Gasteiger partial charge is 0.242 e. The molecule has 156 valence electrons. The molecule has 2 amide bonds. The van der Waals surface area contributed by atoms with Gasteiger partial charge < -0.3 is 10.2 Å². The summed E-state index contributed by atoms with van der Waals surface area (Å²) in [5.74, 6) is 0.759. The molecular formula is C23H29ClN2O2S. The second-order valence-electron chi connectivity index (χ2n) is 7.09. The Labute approximate surface area is 183 Å². The molecule has 2 rings (SSSR count). The highest BCUT2D eigenvalue weighted by Gasteiger charge is 2.26. The van der Waals surface area contributed by atoms with Crippen LogP contribution in [-0.2, 0) is 21.9 Å². The molecule has 0 spiro atoms. The number of carbonyl (C=O) groups excluding carboxylic acids is 2. The van der Waals surface area contributed by atoms with Crippen molar-refractivity contribution in [3.63, 3.8) is 0 Å². The maximum absolute atomic E-state index is 13.0. The third-order valence-electron chi connectivity index (χ3n) is 4.81. The molecule has 6 heteroatoms. The van der Waals surface area contributed by atoms with Crippen LogP contribution in [0, 0.1) is 0 Å². The first-order chi connectivity index (χ1) is 13.9. The molecule has 0 aliphatic heterocycles. The molecule has 0 heterocycles. The Morgan fingerprint density at radius 2 is 1.72 bits per heavy atom. The van der Waals surface area contributed by atoms with Crippen molar-refractivity contribution in [2.75, 3.05) is 5.75 Å². The van der Waals surface area contributed by atoms with E-state index in [2.05, 4.69) is 5.32 Å². The first-order valence-electron chi connectivity index (χ1n) is 9.87. The molecule has 0 saturated carbocycles. The van der Waals surface area contributed by atoms with Crippen LogP contribution in [0.3, 0.4) is 0 Å². The number of benzene rings is 2. The zero-order valence-electron chi connectivity index (χ0n) is 17.2. The number of thioether (sulfide) groups is 1. The summed E-state index contributed by atoms with van der Waals surface area (Å²) in [6.07, 6.45) is 0.846. The molecule has 0 saturated heterocycles. The Balaban J connectivity index is 2.05. The monoisotopic (exact) mass is 432 g/mol. The molecule has 2 aromatic rings. The van der Waals surface area contributed by atoms with Gasteiger partial charge in [0.05, 0.1) is 5.75 Å². The van der Waals surface area contributed by atoms with Crippen LogP contribution < -0.4 is 5.32 Å². The minimum absolute atomic E-state index is 0.0577. The zero-order valence-corrected chi connectivity index (χ0v) is 18.8. The van der Waals surface area contributed by atoms with E-state index in [4.69, 9.17) is 11.6 Å². The van der Waals surface area contributed by atoms with Gasteiger partial charge in [0.2, 0.25) is 11.8 Å². The molecule has 2 unspecified atom stereocenters. The Hall–Kier alpha value is -1.98. The lowest BCUT2D eigenvalue weighted by Gasteiger charge is -2.29. The molecule has 0 aromatic heterocycles. The van der Waals surface area contributed by atoms with E-state index in [1.165, 1.54) is 11.8 Å². The minimum Gasteiger partial charge on any atom is -0.352 e. The van der Waals surface area contributed by atoms with E-state index in [9.17, 15) is 9.59 Å². The van der Waals surface area contributed by atoms with Crippen LogP contribution in [0.5, 0.6) is 0 Å². The van der Waals surface area contributed by atoms with Crippen molar-refractivity contribution in [2.24, 2.45) is 0 Å². The van der Waals surface area contributed by atoms with Crippen LogP contribution in [0.15, 0.2) is 54.6 Å². The molecule has 1 N–H and O–H groups in total. The van der Waals surface area contributed by atoms with Crippen molar-refractivity contribution in [3.05, 3.63) is 70.7 Å². The first kappa shape index (κ1) is 23.3. The van der Waals surface area contributed by atoms with Crippen LogP contribution in [0.2, 0.25) is 5.02 Å². The second-order valence-corrected chi connectivity index (χ2v) is 8.48. The lowest BCUT2D eigenvalue weighted by Crippen LogP contribution is -2.50. The van der Waals surface area contributed by atoms with Crippen molar-refractivity contribution in [1.29, 1.82) is 0 Å². The summed E-state index contributed by atoms with van der Waals surface area (Å²) in [7, 11) is 0. The predicted molar refractivity (Wildman–Crippen MR) is 122 cm³/mol. The molecule has 0 fully saturated rings. The fraction of sp³-hybridized carbons (Fsp3) is 0.391. The topological polar surface area (TPSA) is 49.4 Å². The maximum atomic E-state index is 13.0. The molecular weight excluding hydrogens is 404 g/mol. The molecule has 0 aliphatic rings. The predicted octanol–water partition coefficient (Wildman–Crippen LogP) is 4.91. The number of hydrogen-bond donors (Lipinski definition) is 1. The van der Waals surface area contributed by atoms with Crippen molar-refractivity contribution >= 4 is 35.2 Å². The van der Waals surface area contributed by atoms with Gasteiger partial charge in [-0.05, 0) is 37.5 Å². The third-order valence-corrected chi connectivity index (χ3v) is 6.14. The van der Waals surface area contributed by atoms with Crippen LogP contribution in [0.4, 0.5) is 0 Å². The van der Waals surface area contributed by atoms with E-state index >= 15 is 0 Å². The number of hydrogen-bond acceptors (Lipinski definition) is 3. The minimum atomic E-state index is -0.544. The van der Waals surface area contributed by atoms with Gasteiger partial charge in [-0.25, -0.2) is 0 Å². The highest BCUT2D eigenvalue weighted by atomic mass is 35.5. The van der Waals surface area contributed by atoms with Gasteiger partial charge in [-0.15, -0.1) is 11.8 Å². The highest BCUT2D eigenvalue weighted by molar-refractivity contribution is 7.99. The number of amides is 2. The summed E-state index contributed by atoms with van der Waals surface area (Å²) in [5, 5.41) is 3.69. The van der Waals surface area contributed by atoms with E-state index in [0.717, 1.165) is 17.5 Å². The first-order valence-corrected chi connectivity index (χ1v) is 11.4. The maximum Gasteiger partial charge on any atom is 0.242 e. The standard InChI is InChI=1S/C23H29ClN2O2S/c1-4-17(2)25-23(28)18(3)26(14-19-10-6-5-7-11-19)22(27)16-29-15-20-12-8-9-13-21(20)24/h5-13,17-18H,4,14-16H2,1-3H3,(H,25,28). The summed E-state index contributed by atoms with van der Waals surface area (Å²) in [6, 6.07) is 16.9. The molecule has 0 aliphatic carbocycles. The van der Waals surface area contributed by atoms with Gasteiger partial charge in [0.25, 0.3) is 0 Å². The van der Waals surface area contributed by atoms with Gasteiger partial charge >= 0.3 is 0 Å². The quantitative estimate of drug-likeness (QED) is 0.580. The number of nitrogens with one attached hydrogen (secondary N) is 1. The van der Waals surface area contributed by atoms with Gasteiger partial charge in [-0.2, -0.15) is 0 Å². The van der Waals surface area contributed by atoms with E-state index in [-0.39, 0.29) is 17.9 Å². The van der Waals surface area contributed by atoms with Gasteiger partial charge in [-0.1, -0.05) is 67.1 Å². The second kappa shape index (κ2) is 11.9. The van der Waals surface area contributed by atoms with Crippen molar-refractivity contribution in [3.8, 4) is 0 Å². The van der Waals surface area contributed by atoms with E-state index in [1.807, 2.05) is 68.4 Å². The van der Waals surface area contributed by atoms with E-state index in [1.54, 1.807) is 11.8 Å². The fourth-order valence-electron chi connectivity index (χ4n) is 2.77. The average molecular weight is 433 g/mol. The third kappa shape index (κ3) is 7.41. The lowest BCUT2D eigenvalue weighted by atomic mass is 10.1. The van der Waals surface area contributed by atoms with Gasteiger partial charge in [0.15, 0.2) is 0 Å². The van der Waals surface area contributed by atoms with Crippen LogP contribution in [0.1, 0.15) is 38.3 Å². The fourth-order valence-corrected chi connectivity index (χ4v) is 3.97. The highest BCUT2D eigenvalue weighted by Crippen LogP contribution is 2.21. The Kier molecular flexibility index (Phi) is 9.55. The number of halogens is 1. The van der Waals surface area contributed by atoms with E-state index < -0.39 is 6.04 Å². The molecule has 0 radical (unpaired) electrons. The summed E-state index contributed by atoms with van der Waals surface area (Å²) in [5.41, 5.74) is 2.00. The Bertz CT molecular complexity index is 800. The van der Waals surface area contributed by atoms with Crippen LogP contribution >= 0.6 is 23.4 Å². The molecule has 2 aromatic carbocycles. The summed E-state index contributed by atoms with van der Waals surface area (Å²) in [4.78, 5) is 27.3. The number of rotatable bonds is 10. The Morgan fingerprint density at radius 1 is 1.07 bits per heavy atom. The largest absolute Gasteiger partial charge is 0.352 e. The summed E-state index contributed by atoms with van der Waals surface area (Å²) < 4.78 is 0. The number of carbonyl (C=O) groups is 2. The lowest BCUT2D eigenvalue weighted by molar-refractivity contribution is -0.138. The van der Waals surface area contributed by atoms with E-state index in [0.29, 0.717) is 23.1 Å². The summed E-state index contributed by atoms with van der Waals surface area (Å²) in [6.45, 7) is 6.18. The molecule has 2 atom stereocenters. The van der Waals surface area contributed by atoms with Crippen molar-refractivity contribution < 1.29 is 9.59 Å². The van der Waals surface area contributed by atoms with Crippen LogP contribution in [-0.4, -0.2) is 34.6 Å². The number of nitrogens with zero attached hydrogens (tertiary/aromatic N) is 1. The average Bonchev–Trinajstić information content (AvgIpc) is 2.73. The molecule has 0 bridgehead atoms. The van der Waals surface area contributed by atoms with Crippen LogP contribution in [0.25, 0.3) is 0 Å². The molecule has 4 nitrogen and oxygen atoms in total. The normalized spacial score (nSPS) is 12.8. The summed E-state index contributed by atoms with van der Waals surface area (Å²) >= 11 is 7.71. The zero-order chi connectivity index (χ0) is 21.2. The van der Waals surface area contributed by atoms with Gasteiger partial charge in [0, 0.05) is 23.4 Å². The SMILES string of the molecule is CCC(C)NC(=O)C(C)N(Cc1ccccc1)C(=O)CSCc1ccccc1Cl. The van der Waals surface area contributed by atoms with Crippen molar-refractivity contribution in [1.82, 2.24) is 10.2 Å². The van der Waals surface area contributed by atoms with Gasteiger partial charge in [-0.3, -0.25) is 9.59 Å². The Morgan fingerprint density at radius 3 is 2.38 bits per heavy atom. The molecule has 29 heavy (non-hydrogen) atoms. The van der Waals surface area contributed by atoms with Gasteiger partial charge in [0.1, 0.15) is 6.04 Å². The van der Waals surface area contributed by atoms with Crippen molar-refractivity contribution in [2.45, 2.75) is 51.6 Å².